The molecule has 2 saturated heterocycles. The molecular weight excluding hydrogens is 360 g/mol. The van der Waals surface area contributed by atoms with Gasteiger partial charge in [0.05, 0.1) is 32.3 Å². The molecule has 1 unspecified atom stereocenters. The van der Waals surface area contributed by atoms with Crippen LogP contribution in [0.2, 0.25) is 0 Å². The molecule has 0 aromatic carbocycles. The van der Waals surface area contributed by atoms with E-state index in [2.05, 4.69) is 14.5 Å². The summed E-state index contributed by atoms with van der Waals surface area (Å²) in [6.45, 7) is 5.68. The highest BCUT2D eigenvalue weighted by molar-refractivity contribution is 5.81. The largest absolute Gasteiger partial charge is 0.472 e. The first-order chi connectivity index (χ1) is 13.7. The van der Waals surface area contributed by atoms with Gasteiger partial charge in [0.2, 0.25) is 0 Å². The van der Waals surface area contributed by atoms with E-state index < -0.39 is 11.7 Å². The second kappa shape index (κ2) is 7.35. The first-order valence-corrected chi connectivity index (χ1v) is 10.0. The normalized spacial score (nSPS) is 25.0. The van der Waals surface area contributed by atoms with Gasteiger partial charge in [0.1, 0.15) is 11.4 Å². The standard InChI is InChI=1S/C20H26N4O4/c25-18(23-8-11-26-12-9-23)17-14-24-7-4-21-19(24)20(28-17)2-5-22(6-3-20)13-16-1-10-27-15-16/h1,4,7,10,15,17H,2-3,5-6,8-9,11-14H2. The van der Waals surface area contributed by atoms with Crippen molar-refractivity contribution < 1.29 is 18.7 Å². The lowest BCUT2D eigenvalue weighted by molar-refractivity contribution is -0.183. The Morgan fingerprint density at radius 3 is 2.79 bits per heavy atom. The van der Waals surface area contributed by atoms with Gasteiger partial charge in [-0.3, -0.25) is 9.69 Å². The fourth-order valence-electron chi connectivity index (χ4n) is 4.57. The maximum absolute atomic E-state index is 13.1. The average molecular weight is 386 g/mol. The van der Waals surface area contributed by atoms with Gasteiger partial charge in [0, 0.05) is 50.7 Å². The lowest BCUT2D eigenvalue weighted by Crippen LogP contribution is -2.55. The number of amides is 1. The minimum absolute atomic E-state index is 0.0721. The Morgan fingerprint density at radius 1 is 1.21 bits per heavy atom. The van der Waals surface area contributed by atoms with Crippen LogP contribution in [0.3, 0.4) is 0 Å². The summed E-state index contributed by atoms with van der Waals surface area (Å²) in [6, 6.07) is 2.01. The van der Waals surface area contributed by atoms with Crippen LogP contribution in [0.4, 0.5) is 0 Å². The molecule has 8 nitrogen and oxygen atoms in total. The van der Waals surface area contributed by atoms with Gasteiger partial charge in [-0.05, 0) is 18.9 Å². The molecule has 150 valence electrons. The van der Waals surface area contributed by atoms with E-state index in [1.54, 1.807) is 12.5 Å². The number of morpholine rings is 1. The Labute approximate surface area is 164 Å². The number of imidazole rings is 1. The highest BCUT2D eigenvalue weighted by Crippen LogP contribution is 2.40. The third-order valence-electron chi connectivity index (χ3n) is 6.10. The molecule has 0 bridgehead atoms. The molecule has 0 N–H and O–H groups in total. The minimum atomic E-state index is -0.485. The van der Waals surface area contributed by atoms with E-state index in [-0.39, 0.29) is 5.91 Å². The van der Waals surface area contributed by atoms with Crippen molar-refractivity contribution in [1.82, 2.24) is 19.4 Å². The number of ether oxygens (including phenoxy) is 2. The number of carbonyl (C=O) groups excluding carboxylic acids is 1. The molecule has 1 spiro atoms. The minimum Gasteiger partial charge on any atom is -0.472 e. The maximum atomic E-state index is 13.1. The van der Waals surface area contributed by atoms with Gasteiger partial charge in [-0.25, -0.2) is 4.98 Å². The van der Waals surface area contributed by atoms with E-state index in [4.69, 9.17) is 13.9 Å². The number of hydrogen-bond acceptors (Lipinski definition) is 6. The zero-order valence-electron chi connectivity index (χ0n) is 16.0. The van der Waals surface area contributed by atoms with Gasteiger partial charge >= 0.3 is 0 Å². The highest BCUT2D eigenvalue weighted by atomic mass is 16.5. The summed E-state index contributed by atoms with van der Waals surface area (Å²) in [5, 5.41) is 0. The Morgan fingerprint density at radius 2 is 2.04 bits per heavy atom. The van der Waals surface area contributed by atoms with Crippen molar-refractivity contribution in [3.05, 3.63) is 42.4 Å². The topological polar surface area (TPSA) is 73.0 Å². The first kappa shape index (κ1) is 17.9. The van der Waals surface area contributed by atoms with E-state index in [0.29, 0.717) is 32.8 Å². The number of carbonyl (C=O) groups is 1. The SMILES string of the molecule is O=C(C1Cn2ccnc2C2(CCN(Cc3ccoc3)CC2)O1)N1CCOCC1. The summed E-state index contributed by atoms with van der Waals surface area (Å²) in [5.74, 6) is 1.03. The van der Waals surface area contributed by atoms with Crippen molar-refractivity contribution >= 4 is 5.91 Å². The van der Waals surface area contributed by atoms with Crippen LogP contribution >= 0.6 is 0 Å². The number of nitrogens with zero attached hydrogens (tertiary/aromatic N) is 4. The summed E-state index contributed by atoms with van der Waals surface area (Å²) in [5.41, 5.74) is 0.698. The molecule has 8 heteroatoms. The predicted octanol–water partition coefficient (Wildman–Crippen LogP) is 1.22. The van der Waals surface area contributed by atoms with Gasteiger partial charge in [0.15, 0.2) is 6.10 Å². The zero-order chi connectivity index (χ0) is 19.0. The summed E-state index contributed by atoms with van der Waals surface area (Å²) in [6.07, 6.45) is 8.50. The van der Waals surface area contributed by atoms with Crippen LogP contribution in [-0.2, 0) is 33.0 Å². The quantitative estimate of drug-likeness (QED) is 0.790. The van der Waals surface area contributed by atoms with Crippen molar-refractivity contribution in [3.8, 4) is 0 Å². The second-order valence-corrected chi connectivity index (χ2v) is 7.85. The molecule has 5 rings (SSSR count). The molecule has 3 aliphatic heterocycles. The van der Waals surface area contributed by atoms with Crippen molar-refractivity contribution in [1.29, 1.82) is 0 Å². The predicted molar refractivity (Wildman–Crippen MR) is 99.4 cm³/mol. The molecule has 3 aliphatic rings. The highest BCUT2D eigenvalue weighted by Gasteiger charge is 2.47. The van der Waals surface area contributed by atoms with Crippen LogP contribution in [0, 0.1) is 0 Å². The Hall–Kier alpha value is -2.16. The monoisotopic (exact) mass is 386 g/mol. The molecule has 2 fully saturated rings. The summed E-state index contributed by atoms with van der Waals surface area (Å²) < 4.78 is 19.2. The molecule has 2 aromatic heterocycles. The van der Waals surface area contributed by atoms with E-state index in [0.717, 1.165) is 38.3 Å². The number of hydrogen-bond donors (Lipinski definition) is 0. The molecule has 5 heterocycles. The van der Waals surface area contributed by atoms with Gasteiger partial charge < -0.3 is 23.4 Å². The van der Waals surface area contributed by atoms with Crippen LogP contribution in [0.1, 0.15) is 24.2 Å². The van der Waals surface area contributed by atoms with E-state index in [1.165, 1.54) is 5.56 Å². The lowest BCUT2D eigenvalue weighted by atomic mass is 9.88. The number of fused-ring (bicyclic) bond motifs is 2. The number of likely N-dealkylation sites (tertiary alicyclic amines) is 1. The van der Waals surface area contributed by atoms with Gasteiger partial charge in [-0.15, -0.1) is 0 Å². The molecule has 2 aromatic rings. The molecular formula is C20H26N4O4. The van der Waals surface area contributed by atoms with Crippen molar-refractivity contribution in [2.75, 3.05) is 39.4 Å². The fraction of sp³-hybridized carbons (Fsp3) is 0.600. The Kier molecular flexibility index (Phi) is 4.70. The maximum Gasteiger partial charge on any atom is 0.253 e. The molecule has 0 radical (unpaired) electrons. The number of aromatic nitrogens is 2. The third-order valence-corrected chi connectivity index (χ3v) is 6.10. The van der Waals surface area contributed by atoms with Crippen LogP contribution in [-0.4, -0.2) is 70.8 Å². The molecule has 0 saturated carbocycles. The molecule has 1 atom stereocenters. The van der Waals surface area contributed by atoms with Crippen LogP contribution in [0.25, 0.3) is 0 Å². The fourth-order valence-corrected chi connectivity index (χ4v) is 4.57. The lowest BCUT2D eigenvalue weighted by Gasteiger charge is -2.46. The van der Waals surface area contributed by atoms with E-state index >= 15 is 0 Å². The van der Waals surface area contributed by atoms with E-state index in [9.17, 15) is 4.79 Å². The summed E-state index contributed by atoms with van der Waals surface area (Å²) in [4.78, 5) is 22.0. The number of furan rings is 1. The van der Waals surface area contributed by atoms with Crippen LogP contribution in [0.15, 0.2) is 35.4 Å². The summed E-state index contributed by atoms with van der Waals surface area (Å²) in [7, 11) is 0. The zero-order valence-corrected chi connectivity index (χ0v) is 16.0. The second-order valence-electron chi connectivity index (χ2n) is 7.85. The first-order valence-electron chi connectivity index (χ1n) is 10.0. The average Bonchev–Trinajstić information content (AvgIpc) is 3.42. The van der Waals surface area contributed by atoms with Crippen molar-refractivity contribution in [2.45, 2.75) is 37.6 Å². The number of rotatable bonds is 3. The van der Waals surface area contributed by atoms with Gasteiger partial charge in [-0.2, -0.15) is 0 Å². The van der Waals surface area contributed by atoms with Crippen molar-refractivity contribution in [3.63, 3.8) is 0 Å². The summed E-state index contributed by atoms with van der Waals surface area (Å²) >= 11 is 0. The molecule has 1 amide bonds. The van der Waals surface area contributed by atoms with Gasteiger partial charge in [0.25, 0.3) is 5.91 Å². The smallest absolute Gasteiger partial charge is 0.253 e. The Bertz CT molecular complexity index is 804. The van der Waals surface area contributed by atoms with Crippen LogP contribution in [0.5, 0.6) is 0 Å². The third kappa shape index (κ3) is 3.25. The molecule has 0 aliphatic carbocycles. The Balaban J connectivity index is 1.32. The van der Waals surface area contributed by atoms with E-state index in [1.807, 2.05) is 23.4 Å². The molecule has 28 heavy (non-hydrogen) atoms. The number of piperidine rings is 1. The van der Waals surface area contributed by atoms with Gasteiger partial charge in [-0.1, -0.05) is 0 Å². The van der Waals surface area contributed by atoms with Crippen molar-refractivity contribution in [2.24, 2.45) is 0 Å². The van der Waals surface area contributed by atoms with Crippen LogP contribution < -0.4 is 0 Å².